The molecular formula is C31H51FN6O2. The lowest BCUT2D eigenvalue weighted by Crippen LogP contribution is -2.52. The first kappa shape index (κ1) is 35.0. The van der Waals surface area contributed by atoms with E-state index in [-0.39, 0.29) is 36.8 Å². The molecule has 0 bridgehead atoms. The molecule has 1 aromatic rings. The lowest BCUT2D eigenvalue weighted by molar-refractivity contribution is -0.128. The van der Waals surface area contributed by atoms with Gasteiger partial charge in [-0.15, -0.1) is 0 Å². The molecule has 3 atom stereocenters. The molecule has 0 saturated carbocycles. The standard InChI is InChI=1S/C31H51FN6O2/c1-7-11-18-33-24(6)36-21-29(38-30(39)22-37-26(10-4)20-35-23(5)9-3)31(40)34-19-13-16-25-15-12-17-28(32)27(25)14-8-2/h7,11-12,15,17-18,23,26,29,35,37H,1,8-10,13-14,16,19-22H2,2-6H3,(H,33,36)(H,34,40)(H,38,39)/b18-11-/t23-,26?,29?/m0/s1. The Labute approximate surface area is 240 Å². The summed E-state index contributed by atoms with van der Waals surface area (Å²) < 4.78 is 14.2. The van der Waals surface area contributed by atoms with Crippen LogP contribution in [0.15, 0.2) is 48.1 Å². The van der Waals surface area contributed by atoms with Gasteiger partial charge >= 0.3 is 0 Å². The van der Waals surface area contributed by atoms with Crippen molar-refractivity contribution in [1.29, 1.82) is 0 Å². The lowest BCUT2D eigenvalue weighted by atomic mass is 9.99. The molecular weight excluding hydrogens is 507 g/mol. The summed E-state index contributed by atoms with van der Waals surface area (Å²) in [5.41, 5.74) is 1.72. The van der Waals surface area contributed by atoms with Gasteiger partial charge in [0.05, 0.1) is 18.9 Å². The first-order valence-electron chi connectivity index (χ1n) is 14.6. The second-order valence-electron chi connectivity index (χ2n) is 10.0. The van der Waals surface area contributed by atoms with Crippen LogP contribution in [-0.2, 0) is 22.4 Å². The summed E-state index contributed by atoms with van der Waals surface area (Å²) in [6, 6.07) is 4.90. The van der Waals surface area contributed by atoms with Gasteiger partial charge in [0, 0.05) is 31.4 Å². The van der Waals surface area contributed by atoms with Crippen LogP contribution in [-0.4, -0.2) is 62.0 Å². The van der Waals surface area contributed by atoms with E-state index in [1.165, 1.54) is 6.07 Å². The molecule has 0 aliphatic heterocycles. The Morgan fingerprint density at radius 3 is 2.58 bits per heavy atom. The van der Waals surface area contributed by atoms with Crippen LogP contribution in [0, 0.1) is 5.82 Å². The van der Waals surface area contributed by atoms with Crippen LogP contribution in [0.3, 0.4) is 0 Å². The topological polar surface area (TPSA) is 107 Å². The highest BCUT2D eigenvalue weighted by atomic mass is 19.1. The predicted molar refractivity (Wildman–Crippen MR) is 164 cm³/mol. The molecule has 0 aliphatic carbocycles. The highest BCUT2D eigenvalue weighted by Crippen LogP contribution is 2.17. The van der Waals surface area contributed by atoms with E-state index in [9.17, 15) is 14.0 Å². The van der Waals surface area contributed by atoms with E-state index in [1.807, 2.05) is 13.0 Å². The van der Waals surface area contributed by atoms with Crippen molar-refractivity contribution in [3.8, 4) is 0 Å². The van der Waals surface area contributed by atoms with Crippen molar-refractivity contribution >= 4 is 17.6 Å². The normalized spacial score (nSPS) is 14.0. The molecule has 224 valence electrons. The molecule has 0 aromatic heterocycles. The van der Waals surface area contributed by atoms with Gasteiger partial charge in [0.2, 0.25) is 11.8 Å². The molecule has 40 heavy (non-hydrogen) atoms. The van der Waals surface area contributed by atoms with Crippen molar-refractivity contribution in [2.45, 2.75) is 91.3 Å². The van der Waals surface area contributed by atoms with E-state index < -0.39 is 6.04 Å². The van der Waals surface area contributed by atoms with E-state index >= 15 is 0 Å². The highest BCUT2D eigenvalue weighted by Gasteiger charge is 2.21. The minimum Gasteiger partial charge on any atom is -0.354 e. The highest BCUT2D eigenvalue weighted by molar-refractivity contribution is 5.89. The third kappa shape index (κ3) is 14.4. The molecule has 0 fully saturated rings. The SMILES string of the molecule is C=C/C=C\NC(C)=NCC(NC(=O)CNC(CC)CN[C@@H](C)CC)C(=O)NCCCc1cccc(F)c1CCC. The molecule has 0 saturated heterocycles. The Balaban J connectivity index is 2.75. The van der Waals surface area contributed by atoms with Crippen LogP contribution in [0.5, 0.6) is 0 Å². The third-order valence-corrected chi connectivity index (χ3v) is 6.69. The second-order valence-corrected chi connectivity index (χ2v) is 10.0. The van der Waals surface area contributed by atoms with E-state index in [2.05, 4.69) is 58.9 Å². The number of rotatable bonds is 20. The van der Waals surface area contributed by atoms with Crippen molar-refractivity contribution < 1.29 is 14.0 Å². The summed E-state index contributed by atoms with van der Waals surface area (Å²) in [6.07, 6.45) is 9.86. The maximum Gasteiger partial charge on any atom is 0.244 e. The summed E-state index contributed by atoms with van der Waals surface area (Å²) in [4.78, 5) is 30.3. The average molecular weight is 559 g/mol. The first-order valence-corrected chi connectivity index (χ1v) is 14.6. The van der Waals surface area contributed by atoms with Gasteiger partial charge in [0.25, 0.3) is 0 Å². The Morgan fingerprint density at radius 2 is 1.90 bits per heavy atom. The molecule has 0 heterocycles. The van der Waals surface area contributed by atoms with Crippen molar-refractivity contribution in [3.05, 3.63) is 60.1 Å². The summed E-state index contributed by atoms with van der Waals surface area (Å²) in [5, 5.41) is 15.5. The Morgan fingerprint density at radius 1 is 1.12 bits per heavy atom. The Kier molecular flexibility index (Phi) is 18.2. The van der Waals surface area contributed by atoms with Crippen LogP contribution in [0.25, 0.3) is 0 Å². The van der Waals surface area contributed by atoms with Gasteiger partial charge in [-0.25, -0.2) is 4.39 Å². The Hall–Kier alpha value is -3.04. The summed E-state index contributed by atoms with van der Waals surface area (Å²) in [5.74, 6) is -0.131. The maximum absolute atomic E-state index is 14.2. The molecule has 1 aromatic carbocycles. The van der Waals surface area contributed by atoms with E-state index in [0.29, 0.717) is 37.7 Å². The number of halogens is 1. The number of hydrogen-bond donors (Lipinski definition) is 5. The number of hydrogen-bond acceptors (Lipinski definition) is 5. The molecule has 2 unspecified atom stereocenters. The first-order chi connectivity index (χ1) is 19.2. The molecule has 9 heteroatoms. The zero-order valence-corrected chi connectivity index (χ0v) is 25.1. The monoisotopic (exact) mass is 558 g/mol. The number of nitrogens with zero attached hydrogens (tertiary/aromatic N) is 1. The molecule has 0 radical (unpaired) electrons. The molecule has 1 rings (SSSR count). The number of aliphatic imine (C=N–C) groups is 1. The fourth-order valence-corrected chi connectivity index (χ4v) is 4.02. The van der Waals surface area contributed by atoms with Gasteiger partial charge in [0.15, 0.2) is 0 Å². The van der Waals surface area contributed by atoms with Crippen LogP contribution in [0.1, 0.15) is 71.4 Å². The average Bonchev–Trinajstić information content (AvgIpc) is 2.94. The zero-order valence-electron chi connectivity index (χ0n) is 25.1. The summed E-state index contributed by atoms with van der Waals surface area (Å²) >= 11 is 0. The largest absolute Gasteiger partial charge is 0.354 e. The predicted octanol–water partition coefficient (Wildman–Crippen LogP) is 3.78. The fourth-order valence-electron chi connectivity index (χ4n) is 4.02. The number of carbonyl (C=O) groups is 2. The van der Waals surface area contributed by atoms with Crippen molar-refractivity contribution in [2.75, 3.05) is 26.2 Å². The van der Waals surface area contributed by atoms with Crippen molar-refractivity contribution in [3.63, 3.8) is 0 Å². The molecule has 8 nitrogen and oxygen atoms in total. The number of carbonyl (C=O) groups excluding carboxylic acids is 2. The van der Waals surface area contributed by atoms with Crippen molar-refractivity contribution in [2.24, 2.45) is 4.99 Å². The van der Waals surface area contributed by atoms with Gasteiger partial charge in [-0.3, -0.25) is 14.6 Å². The van der Waals surface area contributed by atoms with Gasteiger partial charge in [-0.1, -0.05) is 52.0 Å². The minimum absolute atomic E-state index is 0.0929. The van der Waals surface area contributed by atoms with E-state index in [0.717, 1.165) is 36.9 Å². The number of benzene rings is 1. The summed E-state index contributed by atoms with van der Waals surface area (Å²) in [7, 11) is 0. The number of amidine groups is 1. The van der Waals surface area contributed by atoms with Gasteiger partial charge in [-0.05, 0) is 69.2 Å². The lowest BCUT2D eigenvalue weighted by Gasteiger charge is -2.21. The van der Waals surface area contributed by atoms with Crippen LogP contribution < -0.4 is 26.6 Å². The zero-order chi connectivity index (χ0) is 29.8. The molecule has 0 aliphatic rings. The minimum atomic E-state index is -0.822. The van der Waals surface area contributed by atoms with Crippen LogP contribution in [0.2, 0.25) is 0 Å². The molecule has 2 amide bonds. The molecule has 0 spiro atoms. The third-order valence-electron chi connectivity index (χ3n) is 6.69. The van der Waals surface area contributed by atoms with E-state index in [1.54, 1.807) is 31.3 Å². The number of allylic oxidation sites excluding steroid dienone is 2. The Bertz CT molecular complexity index is 965. The van der Waals surface area contributed by atoms with E-state index in [4.69, 9.17) is 0 Å². The van der Waals surface area contributed by atoms with Gasteiger partial charge in [0.1, 0.15) is 11.9 Å². The smallest absolute Gasteiger partial charge is 0.244 e. The van der Waals surface area contributed by atoms with Crippen LogP contribution >= 0.6 is 0 Å². The van der Waals surface area contributed by atoms with Crippen LogP contribution in [0.4, 0.5) is 4.39 Å². The van der Waals surface area contributed by atoms with Gasteiger partial charge < -0.3 is 26.6 Å². The number of aryl methyl sites for hydroxylation is 1. The summed E-state index contributed by atoms with van der Waals surface area (Å²) in [6.45, 7) is 15.2. The second kappa shape index (κ2) is 20.8. The van der Waals surface area contributed by atoms with Crippen molar-refractivity contribution in [1.82, 2.24) is 26.6 Å². The number of nitrogens with one attached hydrogen (secondary N) is 5. The fraction of sp³-hybridized carbons (Fsp3) is 0.581. The number of amides is 2. The quantitative estimate of drug-likeness (QED) is 0.0725. The maximum atomic E-state index is 14.2. The van der Waals surface area contributed by atoms with Gasteiger partial charge in [-0.2, -0.15) is 0 Å². The molecule has 5 N–H and O–H groups in total.